The van der Waals surface area contributed by atoms with Gasteiger partial charge in [0, 0.05) is 5.56 Å². The van der Waals surface area contributed by atoms with E-state index in [0.29, 0.717) is 6.20 Å². The molecular formula is C9H6ClF4NO3. The van der Waals surface area contributed by atoms with Gasteiger partial charge in [-0.25, -0.2) is 14.2 Å². The summed E-state index contributed by atoms with van der Waals surface area (Å²) < 4.78 is 57.3. The van der Waals surface area contributed by atoms with Crippen molar-refractivity contribution in [1.29, 1.82) is 0 Å². The zero-order chi connectivity index (χ0) is 13.9. The van der Waals surface area contributed by atoms with Gasteiger partial charge in [0.25, 0.3) is 0 Å². The van der Waals surface area contributed by atoms with Crippen LogP contribution in [0.1, 0.15) is 15.9 Å². The zero-order valence-electron chi connectivity index (χ0n) is 8.85. The minimum absolute atomic E-state index is 0.474. The van der Waals surface area contributed by atoms with E-state index in [4.69, 9.17) is 11.6 Å². The Morgan fingerprint density at radius 2 is 2.11 bits per heavy atom. The van der Waals surface area contributed by atoms with E-state index >= 15 is 0 Å². The fraction of sp³-hybridized carbons (Fsp3) is 0.333. The third kappa shape index (κ3) is 3.22. The second-order valence-electron chi connectivity index (χ2n) is 2.94. The van der Waals surface area contributed by atoms with E-state index in [1.165, 1.54) is 0 Å². The first kappa shape index (κ1) is 14.5. The molecule has 1 aromatic rings. The van der Waals surface area contributed by atoms with Gasteiger partial charge >= 0.3 is 12.3 Å². The average molecular weight is 288 g/mol. The monoisotopic (exact) mass is 287 g/mol. The Morgan fingerprint density at radius 1 is 1.50 bits per heavy atom. The van der Waals surface area contributed by atoms with Gasteiger partial charge in [0.15, 0.2) is 0 Å². The molecule has 0 N–H and O–H groups in total. The number of rotatable bonds is 3. The maximum Gasteiger partial charge on any atom is 0.574 e. The molecule has 0 amide bonds. The Bertz CT molecular complexity index is 464. The summed E-state index contributed by atoms with van der Waals surface area (Å²) in [5.74, 6) is -3.89. The molecule has 1 heterocycles. The lowest BCUT2D eigenvalue weighted by Gasteiger charge is -2.13. The summed E-state index contributed by atoms with van der Waals surface area (Å²) in [6.07, 6.45) is -4.59. The van der Waals surface area contributed by atoms with Gasteiger partial charge in [-0.05, 0) is 0 Å². The summed E-state index contributed by atoms with van der Waals surface area (Å²) >= 11 is 5.37. The molecule has 9 heteroatoms. The van der Waals surface area contributed by atoms with Gasteiger partial charge in [-0.1, -0.05) is 0 Å². The summed E-state index contributed by atoms with van der Waals surface area (Å²) in [5.41, 5.74) is -1.26. The van der Waals surface area contributed by atoms with Crippen molar-refractivity contribution in [2.45, 2.75) is 12.2 Å². The Morgan fingerprint density at radius 3 is 2.56 bits per heavy atom. The molecular weight excluding hydrogens is 282 g/mol. The number of aromatic nitrogens is 1. The van der Waals surface area contributed by atoms with Crippen LogP contribution in [-0.4, -0.2) is 24.4 Å². The van der Waals surface area contributed by atoms with Crippen LogP contribution in [0.3, 0.4) is 0 Å². The molecule has 0 aliphatic rings. The molecule has 0 unspecified atom stereocenters. The van der Waals surface area contributed by atoms with Gasteiger partial charge in [-0.15, -0.1) is 24.8 Å². The highest BCUT2D eigenvalue weighted by atomic mass is 35.5. The largest absolute Gasteiger partial charge is 0.574 e. The summed E-state index contributed by atoms with van der Waals surface area (Å²) in [7, 11) is 0.919. The number of hydrogen-bond acceptors (Lipinski definition) is 4. The van der Waals surface area contributed by atoms with Crippen LogP contribution in [0.25, 0.3) is 0 Å². The molecule has 0 aliphatic heterocycles. The van der Waals surface area contributed by atoms with E-state index in [1.54, 1.807) is 0 Å². The number of ether oxygens (including phenoxy) is 2. The number of methoxy groups -OCH3 is 1. The number of pyridine rings is 1. The van der Waals surface area contributed by atoms with Crippen LogP contribution < -0.4 is 4.74 Å². The Kier molecular flexibility index (Phi) is 4.33. The van der Waals surface area contributed by atoms with Crippen LogP contribution in [0.2, 0.25) is 0 Å². The lowest BCUT2D eigenvalue weighted by atomic mass is 10.1. The van der Waals surface area contributed by atoms with Crippen molar-refractivity contribution < 1.29 is 31.8 Å². The molecule has 0 spiro atoms. The molecule has 0 aromatic carbocycles. The second-order valence-corrected chi connectivity index (χ2v) is 3.21. The van der Waals surface area contributed by atoms with E-state index in [1.807, 2.05) is 0 Å². The smallest absolute Gasteiger partial charge is 0.465 e. The Balaban J connectivity index is 3.38. The predicted octanol–water partition coefficient (Wildman–Crippen LogP) is 2.64. The van der Waals surface area contributed by atoms with Crippen LogP contribution in [0, 0.1) is 5.82 Å². The summed E-state index contributed by atoms with van der Waals surface area (Å²) in [6.45, 7) is 0. The average Bonchev–Trinajstić information content (AvgIpc) is 2.28. The van der Waals surface area contributed by atoms with Gasteiger partial charge in [0.05, 0.1) is 19.2 Å². The van der Waals surface area contributed by atoms with E-state index in [9.17, 15) is 22.4 Å². The van der Waals surface area contributed by atoms with Crippen molar-refractivity contribution in [2.75, 3.05) is 7.11 Å². The summed E-state index contributed by atoms with van der Waals surface area (Å²) in [5, 5.41) is 0. The van der Waals surface area contributed by atoms with E-state index in [0.717, 1.165) is 7.11 Å². The molecule has 1 aromatic heterocycles. The summed E-state index contributed by atoms with van der Waals surface area (Å²) in [6, 6.07) is 0. The van der Waals surface area contributed by atoms with Crippen molar-refractivity contribution in [2.24, 2.45) is 0 Å². The summed E-state index contributed by atoms with van der Waals surface area (Å²) in [4.78, 5) is 14.4. The van der Waals surface area contributed by atoms with E-state index in [-0.39, 0.29) is 0 Å². The molecule has 0 bridgehead atoms. The molecule has 0 saturated carbocycles. The maximum absolute atomic E-state index is 13.3. The van der Waals surface area contributed by atoms with Crippen molar-refractivity contribution in [3.8, 4) is 5.88 Å². The van der Waals surface area contributed by atoms with Gasteiger partial charge in [-0.2, -0.15) is 0 Å². The van der Waals surface area contributed by atoms with Crippen molar-refractivity contribution in [3.63, 3.8) is 0 Å². The minimum atomic E-state index is -5.07. The lowest BCUT2D eigenvalue weighted by molar-refractivity contribution is -0.276. The van der Waals surface area contributed by atoms with Gasteiger partial charge in [0.1, 0.15) is 11.4 Å². The van der Waals surface area contributed by atoms with E-state index in [2.05, 4.69) is 14.5 Å². The highest BCUT2D eigenvalue weighted by Gasteiger charge is 2.35. The van der Waals surface area contributed by atoms with E-state index < -0.39 is 41.0 Å². The minimum Gasteiger partial charge on any atom is -0.465 e. The van der Waals surface area contributed by atoms with Gasteiger partial charge < -0.3 is 9.47 Å². The maximum atomic E-state index is 13.3. The third-order valence-corrected chi connectivity index (χ3v) is 2.10. The first-order valence-electron chi connectivity index (χ1n) is 4.37. The van der Waals surface area contributed by atoms with Crippen molar-refractivity contribution in [1.82, 2.24) is 4.98 Å². The third-order valence-electron chi connectivity index (χ3n) is 1.83. The van der Waals surface area contributed by atoms with Crippen LogP contribution in [0.5, 0.6) is 5.88 Å². The molecule has 4 nitrogen and oxygen atoms in total. The second kappa shape index (κ2) is 5.38. The van der Waals surface area contributed by atoms with Gasteiger partial charge in [0.2, 0.25) is 5.88 Å². The highest BCUT2D eigenvalue weighted by molar-refractivity contribution is 6.17. The SMILES string of the molecule is COC(=O)c1c(OC(F)(F)F)ncc(F)c1CCl. The molecule has 0 atom stereocenters. The fourth-order valence-corrected chi connectivity index (χ4v) is 1.40. The number of halogens is 5. The predicted molar refractivity (Wildman–Crippen MR) is 51.8 cm³/mol. The van der Waals surface area contributed by atoms with Crippen molar-refractivity contribution in [3.05, 3.63) is 23.1 Å². The van der Waals surface area contributed by atoms with Crippen LogP contribution in [-0.2, 0) is 10.6 Å². The quantitative estimate of drug-likeness (QED) is 0.487. The molecule has 0 fully saturated rings. The number of alkyl halides is 4. The Hall–Kier alpha value is -1.57. The number of nitrogens with zero attached hydrogens (tertiary/aromatic N) is 1. The molecule has 0 saturated heterocycles. The molecule has 0 aliphatic carbocycles. The van der Waals surface area contributed by atoms with Gasteiger partial charge in [-0.3, -0.25) is 0 Å². The topological polar surface area (TPSA) is 48.4 Å². The molecule has 1 rings (SSSR count). The fourth-order valence-electron chi connectivity index (χ4n) is 1.14. The number of hydrogen-bond donors (Lipinski definition) is 0. The first-order chi connectivity index (χ1) is 8.30. The molecule has 0 radical (unpaired) electrons. The van der Waals surface area contributed by atoms with Crippen molar-refractivity contribution >= 4 is 17.6 Å². The lowest BCUT2D eigenvalue weighted by Crippen LogP contribution is -2.21. The van der Waals surface area contributed by atoms with Crippen LogP contribution in [0.4, 0.5) is 17.6 Å². The normalized spacial score (nSPS) is 11.2. The number of carbonyl (C=O) groups is 1. The molecule has 100 valence electrons. The van der Waals surface area contributed by atoms with Crippen LogP contribution in [0.15, 0.2) is 6.20 Å². The first-order valence-corrected chi connectivity index (χ1v) is 4.91. The van der Waals surface area contributed by atoms with Crippen LogP contribution >= 0.6 is 11.6 Å². The highest BCUT2D eigenvalue weighted by Crippen LogP contribution is 2.29. The Labute approximate surface area is 103 Å². The number of carbonyl (C=O) groups excluding carboxylic acids is 1. The number of esters is 1. The standard InChI is InChI=1S/C9H6ClF4NO3/c1-17-8(16)6-4(2-10)5(11)3-15-7(6)18-9(12,13)14/h3H,2H2,1H3. The molecule has 18 heavy (non-hydrogen) atoms. The zero-order valence-corrected chi connectivity index (χ0v) is 9.60.